The van der Waals surface area contributed by atoms with Crippen LogP contribution in [0.1, 0.15) is 56.8 Å². The van der Waals surface area contributed by atoms with Crippen LogP contribution in [0.5, 0.6) is 0 Å². The maximum Gasteiger partial charge on any atom is 0.110 e. The molecule has 114 valence electrons. The van der Waals surface area contributed by atoms with Gasteiger partial charge in [0.05, 0.1) is 11.0 Å². The van der Waals surface area contributed by atoms with Crippen molar-refractivity contribution >= 4 is 11.0 Å². The van der Waals surface area contributed by atoms with Gasteiger partial charge in [-0.1, -0.05) is 45.1 Å². The minimum atomic E-state index is 0.592. The largest absolute Gasteiger partial charge is 0.328 e. The van der Waals surface area contributed by atoms with E-state index in [2.05, 4.69) is 29.7 Å². The van der Waals surface area contributed by atoms with Crippen LogP contribution in [0.4, 0.5) is 0 Å². The second kappa shape index (κ2) is 6.61. The first kappa shape index (κ1) is 14.6. The summed E-state index contributed by atoms with van der Waals surface area (Å²) in [7, 11) is 0. The van der Waals surface area contributed by atoms with Gasteiger partial charge < -0.3 is 10.3 Å². The lowest BCUT2D eigenvalue weighted by Crippen LogP contribution is -2.13. The summed E-state index contributed by atoms with van der Waals surface area (Å²) < 4.78 is 2.43. The lowest BCUT2D eigenvalue weighted by molar-refractivity contribution is 0.348. The third kappa shape index (κ3) is 3.13. The fraction of sp³-hybridized carbons (Fsp3) is 0.611. The molecule has 0 amide bonds. The molecule has 3 nitrogen and oxygen atoms in total. The summed E-state index contributed by atoms with van der Waals surface area (Å²) in [5.74, 6) is 2.12. The van der Waals surface area contributed by atoms with E-state index in [0.29, 0.717) is 6.54 Å². The molecule has 0 spiro atoms. The van der Waals surface area contributed by atoms with Crippen molar-refractivity contribution in [2.45, 2.75) is 65.0 Å². The van der Waals surface area contributed by atoms with Crippen LogP contribution in [0, 0.1) is 5.92 Å². The smallest absolute Gasteiger partial charge is 0.110 e. The lowest BCUT2D eigenvalue weighted by atomic mass is 9.87. The first-order valence-electron chi connectivity index (χ1n) is 8.50. The highest BCUT2D eigenvalue weighted by molar-refractivity contribution is 5.77. The van der Waals surface area contributed by atoms with Crippen molar-refractivity contribution in [1.29, 1.82) is 0 Å². The number of imidazole rings is 1. The van der Waals surface area contributed by atoms with Gasteiger partial charge in [-0.05, 0) is 30.0 Å². The van der Waals surface area contributed by atoms with E-state index in [9.17, 15) is 0 Å². The highest BCUT2D eigenvalue weighted by atomic mass is 15.1. The molecular formula is C18H27N3. The Balaban J connectivity index is 1.93. The number of rotatable bonds is 5. The minimum Gasteiger partial charge on any atom is -0.328 e. The molecular weight excluding hydrogens is 258 g/mol. The normalized spacial score (nSPS) is 16.7. The average molecular weight is 285 g/mol. The first-order chi connectivity index (χ1) is 10.3. The minimum absolute atomic E-state index is 0.592. The van der Waals surface area contributed by atoms with Crippen molar-refractivity contribution in [3.05, 3.63) is 29.6 Å². The molecule has 3 rings (SSSR count). The van der Waals surface area contributed by atoms with Crippen molar-refractivity contribution in [2.24, 2.45) is 11.7 Å². The summed E-state index contributed by atoms with van der Waals surface area (Å²) in [6.45, 7) is 3.90. The third-order valence-electron chi connectivity index (χ3n) is 4.77. The average Bonchev–Trinajstić information content (AvgIpc) is 2.85. The van der Waals surface area contributed by atoms with Crippen LogP contribution in [0.15, 0.2) is 18.2 Å². The van der Waals surface area contributed by atoms with E-state index in [4.69, 9.17) is 10.7 Å². The van der Waals surface area contributed by atoms with E-state index in [-0.39, 0.29) is 0 Å². The number of hydrogen-bond donors (Lipinski definition) is 1. The summed E-state index contributed by atoms with van der Waals surface area (Å²) in [4.78, 5) is 4.94. The van der Waals surface area contributed by atoms with Crippen molar-refractivity contribution in [1.82, 2.24) is 9.55 Å². The molecule has 0 radical (unpaired) electrons. The van der Waals surface area contributed by atoms with Crippen molar-refractivity contribution in [2.75, 3.05) is 0 Å². The van der Waals surface area contributed by atoms with Crippen LogP contribution in [0.2, 0.25) is 0 Å². The Labute approximate surface area is 127 Å². The van der Waals surface area contributed by atoms with Gasteiger partial charge in [0.2, 0.25) is 0 Å². The molecule has 21 heavy (non-hydrogen) atoms. The molecule has 0 unspecified atom stereocenters. The van der Waals surface area contributed by atoms with Gasteiger partial charge in [0.1, 0.15) is 5.82 Å². The third-order valence-corrected chi connectivity index (χ3v) is 4.77. The summed E-state index contributed by atoms with van der Waals surface area (Å²) in [5.41, 5.74) is 9.33. The molecule has 1 heterocycles. The van der Waals surface area contributed by atoms with E-state index in [1.807, 2.05) is 0 Å². The molecule has 0 aliphatic heterocycles. The molecule has 2 N–H and O–H groups in total. The molecule has 0 bridgehead atoms. The van der Waals surface area contributed by atoms with E-state index in [1.54, 1.807) is 0 Å². The standard InChI is InChI=1S/C18H27N3/c1-2-10-21-17-9-8-15(13-19)11-16(17)20-18(21)12-14-6-4-3-5-7-14/h8-9,11,14H,2-7,10,12-13,19H2,1H3. The first-order valence-corrected chi connectivity index (χ1v) is 8.50. The maximum atomic E-state index is 5.76. The zero-order valence-electron chi connectivity index (χ0n) is 13.1. The molecule has 1 aromatic carbocycles. The Morgan fingerprint density at radius 1 is 1.24 bits per heavy atom. The van der Waals surface area contributed by atoms with Gasteiger partial charge in [-0.15, -0.1) is 0 Å². The van der Waals surface area contributed by atoms with Gasteiger partial charge >= 0.3 is 0 Å². The van der Waals surface area contributed by atoms with Gasteiger partial charge in [-0.25, -0.2) is 4.98 Å². The fourth-order valence-electron chi connectivity index (χ4n) is 3.63. The molecule has 1 saturated carbocycles. The predicted octanol–water partition coefficient (Wildman–Crippen LogP) is 4.03. The summed E-state index contributed by atoms with van der Waals surface area (Å²) in [6.07, 6.45) is 9.27. The van der Waals surface area contributed by atoms with Crippen molar-refractivity contribution in [3.63, 3.8) is 0 Å². The topological polar surface area (TPSA) is 43.8 Å². The van der Waals surface area contributed by atoms with Crippen molar-refractivity contribution < 1.29 is 0 Å². The Hall–Kier alpha value is -1.35. The van der Waals surface area contributed by atoms with Crippen LogP contribution >= 0.6 is 0 Å². The summed E-state index contributed by atoms with van der Waals surface area (Å²) in [5, 5.41) is 0. The highest BCUT2D eigenvalue weighted by Crippen LogP contribution is 2.28. The van der Waals surface area contributed by atoms with E-state index < -0.39 is 0 Å². The molecule has 1 aliphatic carbocycles. The van der Waals surface area contributed by atoms with E-state index in [1.165, 1.54) is 49.0 Å². The highest BCUT2D eigenvalue weighted by Gasteiger charge is 2.18. The lowest BCUT2D eigenvalue weighted by Gasteiger charge is -2.21. The zero-order valence-corrected chi connectivity index (χ0v) is 13.1. The predicted molar refractivity (Wildman–Crippen MR) is 88.2 cm³/mol. The van der Waals surface area contributed by atoms with Crippen LogP contribution in [0.25, 0.3) is 11.0 Å². The number of aryl methyl sites for hydroxylation is 1. The van der Waals surface area contributed by atoms with Gasteiger partial charge in [0.15, 0.2) is 0 Å². The second-order valence-corrected chi connectivity index (χ2v) is 6.42. The molecule has 0 saturated heterocycles. The van der Waals surface area contributed by atoms with Gasteiger partial charge in [0, 0.05) is 19.5 Å². The molecule has 3 heteroatoms. The van der Waals surface area contributed by atoms with Gasteiger partial charge in [-0.2, -0.15) is 0 Å². The number of nitrogens with zero attached hydrogens (tertiary/aromatic N) is 2. The molecule has 1 aromatic heterocycles. The zero-order chi connectivity index (χ0) is 14.7. The number of benzene rings is 1. The monoisotopic (exact) mass is 285 g/mol. The number of fused-ring (bicyclic) bond motifs is 1. The molecule has 2 aromatic rings. The van der Waals surface area contributed by atoms with Crippen molar-refractivity contribution in [3.8, 4) is 0 Å². The SMILES string of the molecule is CCCn1c(CC2CCCCC2)nc2cc(CN)ccc21. The van der Waals surface area contributed by atoms with Crippen LogP contribution in [-0.2, 0) is 19.5 Å². The molecule has 0 atom stereocenters. The van der Waals surface area contributed by atoms with Gasteiger partial charge in [0.25, 0.3) is 0 Å². The van der Waals surface area contributed by atoms with Crippen LogP contribution in [0.3, 0.4) is 0 Å². The Bertz CT molecular complexity index is 594. The molecule has 1 fully saturated rings. The Morgan fingerprint density at radius 2 is 2.05 bits per heavy atom. The van der Waals surface area contributed by atoms with E-state index >= 15 is 0 Å². The maximum absolute atomic E-state index is 5.76. The quantitative estimate of drug-likeness (QED) is 0.901. The second-order valence-electron chi connectivity index (χ2n) is 6.42. The van der Waals surface area contributed by atoms with Crippen LogP contribution < -0.4 is 5.73 Å². The number of aromatic nitrogens is 2. The number of hydrogen-bond acceptors (Lipinski definition) is 2. The van der Waals surface area contributed by atoms with E-state index in [0.717, 1.165) is 30.8 Å². The Morgan fingerprint density at radius 3 is 2.76 bits per heavy atom. The van der Waals surface area contributed by atoms with Crippen LogP contribution in [-0.4, -0.2) is 9.55 Å². The number of nitrogens with two attached hydrogens (primary N) is 1. The summed E-state index contributed by atoms with van der Waals surface area (Å²) >= 11 is 0. The Kier molecular flexibility index (Phi) is 4.59. The summed E-state index contributed by atoms with van der Waals surface area (Å²) in [6, 6.07) is 6.50. The van der Waals surface area contributed by atoms with Gasteiger partial charge in [-0.3, -0.25) is 0 Å². The fourth-order valence-corrected chi connectivity index (χ4v) is 3.63. The molecule has 1 aliphatic rings.